The number of carbonyl (C=O) groups excluding carboxylic acids is 1. The summed E-state index contributed by atoms with van der Waals surface area (Å²) in [6, 6.07) is 4.97. The summed E-state index contributed by atoms with van der Waals surface area (Å²) >= 11 is 0. The van der Waals surface area contributed by atoms with Crippen LogP contribution in [0.2, 0.25) is 0 Å². The minimum absolute atomic E-state index is 0.0585. The number of carboxylic acids is 1. The molecule has 0 saturated heterocycles. The van der Waals surface area contributed by atoms with E-state index in [9.17, 15) is 22.8 Å². The van der Waals surface area contributed by atoms with Crippen molar-refractivity contribution >= 4 is 11.9 Å². The van der Waals surface area contributed by atoms with E-state index in [1.165, 1.54) is 6.07 Å². The van der Waals surface area contributed by atoms with Gasteiger partial charge in [0.25, 0.3) is 0 Å². The highest BCUT2D eigenvalue weighted by atomic mass is 19.4. The third kappa shape index (κ3) is 5.47. The molecule has 1 unspecified atom stereocenters. The molecule has 0 heterocycles. The summed E-state index contributed by atoms with van der Waals surface area (Å²) in [4.78, 5) is 23.1. The molecule has 4 nitrogen and oxygen atoms in total. The first-order valence-electron chi connectivity index (χ1n) is 8.36. The molecular weight excluding hydrogens is 335 g/mol. The van der Waals surface area contributed by atoms with E-state index in [1.807, 2.05) is 0 Å². The van der Waals surface area contributed by atoms with Gasteiger partial charge in [0, 0.05) is 12.5 Å². The van der Waals surface area contributed by atoms with Crippen LogP contribution < -0.4 is 5.32 Å². The summed E-state index contributed by atoms with van der Waals surface area (Å²) in [7, 11) is 0. The van der Waals surface area contributed by atoms with Crippen LogP contribution in [0.5, 0.6) is 0 Å². The SMILES string of the molecule is CC(CC(=O)NC1CCC(C(=O)O)CC1)c1cccc(C(F)(F)F)c1. The van der Waals surface area contributed by atoms with Crippen LogP contribution in [-0.4, -0.2) is 23.0 Å². The molecule has 0 radical (unpaired) electrons. The molecule has 138 valence electrons. The normalized spacial score (nSPS) is 22.2. The van der Waals surface area contributed by atoms with Crippen molar-refractivity contribution in [2.24, 2.45) is 5.92 Å². The number of rotatable bonds is 5. The number of nitrogens with one attached hydrogen (secondary N) is 1. The molecule has 25 heavy (non-hydrogen) atoms. The number of hydrogen-bond acceptors (Lipinski definition) is 2. The van der Waals surface area contributed by atoms with Gasteiger partial charge in [-0.3, -0.25) is 9.59 Å². The number of hydrogen-bond donors (Lipinski definition) is 2. The van der Waals surface area contributed by atoms with E-state index in [0.717, 1.165) is 12.1 Å². The third-order valence-electron chi connectivity index (χ3n) is 4.72. The Balaban J connectivity index is 1.87. The Hall–Kier alpha value is -2.05. The lowest BCUT2D eigenvalue weighted by atomic mass is 9.86. The Morgan fingerprint density at radius 3 is 2.44 bits per heavy atom. The molecule has 1 saturated carbocycles. The summed E-state index contributed by atoms with van der Waals surface area (Å²) in [6.07, 6.45) is -2.02. The van der Waals surface area contributed by atoms with E-state index in [-0.39, 0.29) is 30.2 Å². The molecule has 1 amide bonds. The van der Waals surface area contributed by atoms with E-state index < -0.39 is 17.7 Å². The van der Waals surface area contributed by atoms with Crippen LogP contribution >= 0.6 is 0 Å². The minimum atomic E-state index is -4.40. The molecule has 0 bridgehead atoms. The fourth-order valence-corrected chi connectivity index (χ4v) is 3.19. The molecule has 0 aromatic heterocycles. The molecule has 7 heteroatoms. The first-order chi connectivity index (χ1) is 11.7. The average Bonchev–Trinajstić information content (AvgIpc) is 2.54. The van der Waals surface area contributed by atoms with E-state index in [2.05, 4.69) is 5.32 Å². The number of carbonyl (C=O) groups is 2. The summed E-state index contributed by atoms with van der Waals surface area (Å²) in [5, 5.41) is 11.8. The van der Waals surface area contributed by atoms with Gasteiger partial charge in [-0.15, -0.1) is 0 Å². The number of halogens is 3. The summed E-state index contributed by atoms with van der Waals surface area (Å²) in [5.41, 5.74) is -0.246. The smallest absolute Gasteiger partial charge is 0.416 e. The maximum atomic E-state index is 12.8. The second kappa shape index (κ2) is 7.89. The molecule has 1 aliphatic rings. The highest BCUT2D eigenvalue weighted by Gasteiger charge is 2.31. The first kappa shape index (κ1) is 19.3. The van der Waals surface area contributed by atoms with Crippen LogP contribution in [0.15, 0.2) is 24.3 Å². The van der Waals surface area contributed by atoms with E-state index in [0.29, 0.717) is 31.2 Å². The van der Waals surface area contributed by atoms with E-state index >= 15 is 0 Å². The molecule has 0 aliphatic heterocycles. The summed E-state index contributed by atoms with van der Waals surface area (Å²) in [6.45, 7) is 1.72. The molecule has 1 fully saturated rings. The van der Waals surface area contributed by atoms with Crippen molar-refractivity contribution in [3.63, 3.8) is 0 Å². The van der Waals surface area contributed by atoms with E-state index in [1.54, 1.807) is 13.0 Å². The number of aliphatic carboxylic acids is 1. The van der Waals surface area contributed by atoms with Crippen molar-refractivity contribution in [2.45, 2.75) is 57.2 Å². The number of amides is 1. The summed E-state index contributed by atoms with van der Waals surface area (Å²) in [5.74, 6) is -1.71. The quantitative estimate of drug-likeness (QED) is 0.838. The van der Waals surface area contributed by atoms with Crippen molar-refractivity contribution in [3.05, 3.63) is 35.4 Å². The Labute approximate surface area is 144 Å². The van der Waals surface area contributed by atoms with Crippen LogP contribution in [0.25, 0.3) is 0 Å². The second-order valence-electron chi connectivity index (χ2n) is 6.68. The lowest BCUT2D eigenvalue weighted by molar-refractivity contribution is -0.143. The number of carboxylic acid groups (broad SMARTS) is 1. The van der Waals surface area contributed by atoms with Gasteiger partial charge >= 0.3 is 12.1 Å². The predicted octanol–water partition coefficient (Wildman–Crippen LogP) is 3.96. The zero-order valence-corrected chi connectivity index (χ0v) is 14.0. The zero-order chi connectivity index (χ0) is 18.6. The Morgan fingerprint density at radius 1 is 1.24 bits per heavy atom. The van der Waals surface area contributed by atoms with Gasteiger partial charge in [0.1, 0.15) is 0 Å². The Kier molecular flexibility index (Phi) is 6.08. The van der Waals surface area contributed by atoms with Crippen LogP contribution in [-0.2, 0) is 15.8 Å². The van der Waals surface area contributed by atoms with Crippen LogP contribution in [0.4, 0.5) is 13.2 Å². The molecule has 2 rings (SSSR count). The highest BCUT2D eigenvalue weighted by Crippen LogP contribution is 2.32. The summed E-state index contributed by atoms with van der Waals surface area (Å²) < 4.78 is 38.3. The van der Waals surface area contributed by atoms with Crippen molar-refractivity contribution in [3.8, 4) is 0 Å². The average molecular weight is 357 g/mol. The van der Waals surface area contributed by atoms with Gasteiger partial charge in [0.05, 0.1) is 11.5 Å². The fourth-order valence-electron chi connectivity index (χ4n) is 3.19. The molecule has 1 atom stereocenters. The maximum absolute atomic E-state index is 12.8. The van der Waals surface area contributed by atoms with Gasteiger partial charge in [-0.2, -0.15) is 13.2 Å². The molecular formula is C18H22F3NO3. The second-order valence-corrected chi connectivity index (χ2v) is 6.68. The van der Waals surface area contributed by atoms with Crippen molar-refractivity contribution in [1.29, 1.82) is 0 Å². The van der Waals surface area contributed by atoms with Gasteiger partial charge < -0.3 is 10.4 Å². The van der Waals surface area contributed by atoms with Gasteiger partial charge in [-0.05, 0) is 43.2 Å². The third-order valence-corrected chi connectivity index (χ3v) is 4.72. The van der Waals surface area contributed by atoms with Crippen LogP contribution in [0.1, 0.15) is 56.1 Å². The molecule has 1 aromatic carbocycles. The van der Waals surface area contributed by atoms with E-state index in [4.69, 9.17) is 5.11 Å². The number of alkyl halides is 3. The van der Waals surface area contributed by atoms with Crippen LogP contribution in [0, 0.1) is 5.92 Å². The molecule has 0 spiro atoms. The molecule has 1 aliphatic carbocycles. The van der Waals surface area contributed by atoms with Crippen molar-refractivity contribution in [2.75, 3.05) is 0 Å². The van der Waals surface area contributed by atoms with Gasteiger partial charge in [-0.25, -0.2) is 0 Å². The van der Waals surface area contributed by atoms with Gasteiger partial charge in [-0.1, -0.05) is 25.1 Å². The standard InChI is InChI=1S/C18H22F3NO3/c1-11(13-3-2-4-14(10-13)18(19,20)21)9-16(23)22-15-7-5-12(6-8-15)17(24)25/h2-4,10-12,15H,5-9H2,1H3,(H,22,23)(H,24,25). The molecule has 1 aromatic rings. The fraction of sp³-hybridized carbons (Fsp3) is 0.556. The lowest BCUT2D eigenvalue weighted by Gasteiger charge is -2.27. The largest absolute Gasteiger partial charge is 0.481 e. The Bertz CT molecular complexity index is 622. The molecule has 2 N–H and O–H groups in total. The maximum Gasteiger partial charge on any atom is 0.416 e. The minimum Gasteiger partial charge on any atom is -0.481 e. The topological polar surface area (TPSA) is 66.4 Å². The number of benzene rings is 1. The Morgan fingerprint density at radius 2 is 1.88 bits per heavy atom. The predicted molar refractivity (Wildman–Crippen MR) is 86.0 cm³/mol. The lowest BCUT2D eigenvalue weighted by Crippen LogP contribution is -2.39. The van der Waals surface area contributed by atoms with Crippen molar-refractivity contribution in [1.82, 2.24) is 5.32 Å². The monoisotopic (exact) mass is 357 g/mol. The van der Waals surface area contributed by atoms with Crippen LogP contribution in [0.3, 0.4) is 0 Å². The van der Waals surface area contributed by atoms with Gasteiger partial charge in [0.15, 0.2) is 0 Å². The van der Waals surface area contributed by atoms with Crippen molar-refractivity contribution < 1.29 is 27.9 Å². The van der Waals surface area contributed by atoms with Gasteiger partial charge in [0.2, 0.25) is 5.91 Å². The highest BCUT2D eigenvalue weighted by molar-refractivity contribution is 5.77. The zero-order valence-electron chi connectivity index (χ0n) is 14.0. The first-order valence-corrected chi connectivity index (χ1v) is 8.36.